The number of aliphatic hydroxyl groups excluding tert-OH is 1. The maximum atomic E-state index is 9.54. The van der Waals surface area contributed by atoms with E-state index in [4.69, 9.17) is 5.11 Å². The number of aromatic hydroxyl groups is 1. The summed E-state index contributed by atoms with van der Waals surface area (Å²) in [4.78, 5) is 0. The summed E-state index contributed by atoms with van der Waals surface area (Å²) in [7, 11) is 0. The van der Waals surface area contributed by atoms with Crippen molar-refractivity contribution in [2.75, 3.05) is 6.61 Å². The Kier molecular flexibility index (Phi) is 2.90. The van der Waals surface area contributed by atoms with Gasteiger partial charge in [0, 0.05) is 6.42 Å². The van der Waals surface area contributed by atoms with Crippen LogP contribution in [0.3, 0.4) is 0 Å². The Hall–Kier alpha value is -1.06. The van der Waals surface area contributed by atoms with Gasteiger partial charge in [-0.05, 0) is 18.6 Å². The Morgan fingerprint density at radius 3 is 2.46 bits per heavy atom. The van der Waals surface area contributed by atoms with Crippen LogP contribution in [0.1, 0.15) is 12.5 Å². The molecule has 1 rings (SSSR count). The Morgan fingerprint density at radius 1 is 1.31 bits per heavy atom. The first kappa shape index (κ1) is 10.0. The van der Waals surface area contributed by atoms with Gasteiger partial charge in [0.15, 0.2) is 0 Å². The molecule has 1 atom stereocenters. The van der Waals surface area contributed by atoms with Gasteiger partial charge in [0.1, 0.15) is 5.75 Å². The Labute approximate surface area is 77.3 Å². The molecular formula is C10H14O3. The molecule has 0 saturated heterocycles. The van der Waals surface area contributed by atoms with Gasteiger partial charge in [0.05, 0.1) is 12.2 Å². The highest BCUT2D eigenvalue weighted by molar-refractivity contribution is 5.32. The molecule has 0 fully saturated rings. The number of rotatable bonds is 3. The molecule has 3 N–H and O–H groups in total. The van der Waals surface area contributed by atoms with Crippen molar-refractivity contribution in [2.24, 2.45) is 0 Å². The van der Waals surface area contributed by atoms with Crippen LogP contribution >= 0.6 is 0 Å². The summed E-state index contributed by atoms with van der Waals surface area (Å²) in [5, 5.41) is 27.7. The molecule has 0 aliphatic heterocycles. The summed E-state index contributed by atoms with van der Waals surface area (Å²) in [5.74, 6) is 0.149. The van der Waals surface area contributed by atoms with Gasteiger partial charge in [0.25, 0.3) is 0 Å². The first-order chi connectivity index (χ1) is 6.05. The summed E-state index contributed by atoms with van der Waals surface area (Å²) in [6.07, 6.45) is 0.246. The molecule has 0 spiro atoms. The lowest BCUT2D eigenvalue weighted by Gasteiger charge is -2.20. The summed E-state index contributed by atoms with van der Waals surface area (Å²) in [6, 6.07) is 6.78. The fraction of sp³-hybridized carbons (Fsp3) is 0.400. The molecule has 0 bridgehead atoms. The fourth-order valence-corrected chi connectivity index (χ4v) is 1.13. The second-order valence-electron chi connectivity index (χ2n) is 3.46. The highest BCUT2D eigenvalue weighted by atomic mass is 16.3. The van der Waals surface area contributed by atoms with Gasteiger partial charge in [-0.15, -0.1) is 0 Å². The quantitative estimate of drug-likeness (QED) is 0.644. The van der Waals surface area contributed by atoms with E-state index in [1.54, 1.807) is 24.3 Å². The highest BCUT2D eigenvalue weighted by Gasteiger charge is 2.20. The van der Waals surface area contributed by atoms with Crippen molar-refractivity contribution in [3.05, 3.63) is 29.8 Å². The van der Waals surface area contributed by atoms with Gasteiger partial charge < -0.3 is 15.3 Å². The molecule has 3 nitrogen and oxygen atoms in total. The Morgan fingerprint density at radius 2 is 1.92 bits per heavy atom. The molecule has 0 aliphatic carbocycles. The van der Waals surface area contributed by atoms with Crippen LogP contribution in [0.4, 0.5) is 0 Å². The maximum absolute atomic E-state index is 9.54. The molecule has 0 aromatic heterocycles. The number of phenols is 1. The fourth-order valence-electron chi connectivity index (χ4n) is 1.13. The molecular weight excluding hydrogens is 168 g/mol. The predicted molar refractivity (Wildman–Crippen MR) is 49.5 cm³/mol. The number of para-hydroxylation sites is 1. The van der Waals surface area contributed by atoms with Crippen molar-refractivity contribution < 1.29 is 15.3 Å². The van der Waals surface area contributed by atoms with Crippen LogP contribution in [0.5, 0.6) is 5.75 Å². The van der Waals surface area contributed by atoms with E-state index in [0.29, 0.717) is 5.56 Å². The first-order valence-corrected chi connectivity index (χ1v) is 4.15. The second kappa shape index (κ2) is 3.77. The Balaban J connectivity index is 2.80. The summed E-state index contributed by atoms with van der Waals surface area (Å²) in [6.45, 7) is 1.21. The lowest BCUT2D eigenvalue weighted by Crippen LogP contribution is -2.31. The molecule has 0 aliphatic rings. The van der Waals surface area contributed by atoms with Crippen molar-refractivity contribution in [3.63, 3.8) is 0 Å². The number of hydrogen-bond acceptors (Lipinski definition) is 3. The van der Waals surface area contributed by atoms with Gasteiger partial charge in [-0.1, -0.05) is 18.2 Å². The van der Waals surface area contributed by atoms with Gasteiger partial charge in [0.2, 0.25) is 0 Å². The number of benzene rings is 1. The average molecular weight is 182 g/mol. The lowest BCUT2D eigenvalue weighted by atomic mass is 9.97. The smallest absolute Gasteiger partial charge is 0.118 e. The molecule has 0 radical (unpaired) electrons. The van der Waals surface area contributed by atoms with E-state index in [9.17, 15) is 10.2 Å². The average Bonchev–Trinajstić information content (AvgIpc) is 2.09. The minimum absolute atomic E-state index is 0.149. The van der Waals surface area contributed by atoms with Crippen LogP contribution in [-0.4, -0.2) is 27.5 Å². The topological polar surface area (TPSA) is 60.7 Å². The minimum Gasteiger partial charge on any atom is -0.508 e. The van der Waals surface area contributed by atoms with Gasteiger partial charge in [-0.3, -0.25) is 0 Å². The van der Waals surface area contributed by atoms with Crippen LogP contribution in [0, 0.1) is 0 Å². The van der Waals surface area contributed by atoms with E-state index < -0.39 is 5.60 Å². The van der Waals surface area contributed by atoms with Gasteiger partial charge >= 0.3 is 0 Å². The van der Waals surface area contributed by atoms with E-state index in [0.717, 1.165) is 0 Å². The third-order valence-electron chi connectivity index (χ3n) is 1.90. The van der Waals surface area contributed by atoms with Crippen LogP contribution < -0.4 is 0 Å². The third kappa shape index (κ3) is 2.72. The zero-order valence-electron chi connectivity index (χ0n) is 7.57. The number of aliphatic hydroxyl groups is 2. The van der Waals surface area contributed by atoms with Crippen molar-refractivity contribution >= 4 is 0 Å². The molecule has 0 heterocycles. The minimum atomic E-state index is -1.17. The van der Waals surface area contributed by atoms with E-state index in [-0.39, 0.29) is 18.8 Å². The summed E-state index contributed by atoms with van der Waals surface area (Å²) >= 11 is 0. The van der Waals surface area contributed by atoms with Crippen molar-refractivity contribution in [1.29, 1.82) is 0 Å². The van der Waals surface area contributed by atoms with E-state index in [1.807, 2.05) is 0 Å². The van der Waals surface area contributed by atoms with Gasteiger partial charge in [-0.2, -0.15) is 0 Å². The second-order valence-corrected chi connectivity index (χ2v) is 3.46. The van der Waals surface area contributed by atoms with Crippen molar-refractivity contribution in [1.82, 2.24) is 0 Å². The number of phenolic OH excluding ortho intramolecular Hbond substituents is 1. The maximum Gasteiger partial charge on any atom is 0.118 e. The molecule has 13 heavy (non-hydrogen) atoms. The van der Waals surface area contributed by atoms with Crippen LogP contribution in [0.25, 0.3) is 0 Å². The van der Waals surface area contributed by atoms with Crippen LogP contribution in [0.15, 0.2) is 24.3 Å². The monoisotopic (exact) mass is 182 g/mol. The molecule has 0 saturated carbocycles. The van der Waals surface area contributed by atoms with E-state index in [2.05, 4.69) is 0 Å². The lowest BCUT2D eigenvalue weighted by molar-refractivity contribution is 0.00193. The molecule has 1 aromatic rings. The Bertz CT molecular complexity index is 281. The van der Waals surface area contributed by atoms with Crippen LogP contribution in [0.2, 0.25) is 0 Å². The standard InChI is InChI=1S/C10H14O3/c1-10(13,7-11)6-8-4-2-3-5-9(8)12/h2-5,11-13H,6-7H2,1H3. The van der Waals surface area contributed by atoms with E-state index >= 15 is 0 Å². The van der Waals surface area contributed by atoms with Gasteiger partial charge in [-0.25, -0.2) is 0 Å². The zero-order valence-corrected chi connectivity index (χ0v) is 7.57. The van der Waals surface area contributed by atoms with Crippen molar-refractivity contribution in [2.45, 2.75) is 18.9 Å². The predicted octanol–water partition coefficient (Wildman–Crippen LogP) is 0.678. The molecule has 1 aromatic carbocycles. The molecule has 1 unspecified atom stereocenters. The molecule has 0 amide bonds. The van der Waals surface area contributed by atoms with Crippen molar-refractivity contribution in [3.8, 4) is 5.75 Å². The number of hydrogen-bond donors (Lipinski definition) is 3. The van der Waals surface area contributed by atoms with Crippen LogP contribution in [-0.2, 0) is 6.42 Å². The SMILES string of the molecule is CC(O)(CO)Cc1ccccc1O. The summed E-state index contributed by atoms with van der Waals surface area (Å²) < 4.78 is 0. The summed E-state index contributed by atoms with van der Waals surface area (Å²) in [5.41, 5.74) is -0.527. The zero-order chi connectivity index (χ0) is 9.90. The van der Waals surface area contributed by atoms with E-state index in [1.165, 1.54) is 6.92 Å². The normalized spacial score (nSPS) is 15.3. The highest BCUT2D eigenvalue weighted by Crippen LogP contribution is 2.21. The molecule has 3 heteroatoms. The molecule has 72 valence electrons. The first-order valence-electron chi connectivity index (χ1n) is 4.15. The largest absolute Gasteiger partial charge is 0.508 e. The third-order valence-corrected chi connectivity index (χ3v) is 1.90.